The first-order valence-corrected chi connectivity index (χ1v) is 5.86. The first-order valence-electron chi connectivity index (χ1n) is 5.86. The Balaban J connectivity index is 0.00000133. The molecule has 3 aromatic carbocycles. The van der Waals surface area contributed by atoms with Crippen LogP contribution in [0.25, 0.3) is 21.5 Å². The summed E-state index contributed by atoms with van der Waals surface area (Å²) in [6, 6.07) is 18.7. The largest absolute Gasteiger partial charge is 0.480 e. The van der Waals surface area contributed by atoms with Crippen LogP contribution in [0.15, 0.2) is 54.6 Å². The van der Waals surface area contributed by atoms with E-state index >= 15 is 0 Å². The van der Waals surface area contributed by atoms with Crippen LogP contribution in [0.3, 0.4) is 0 Å². The molecule has 0 aliphatic carbocycles. The van der Waals surface area contributed by atoms with Gasteiger partial charge < -0.3 is 10.9 Å². The third kappa shape index (κ3) is 2.37. The van der Waals surface area contributed by atoms with Crippen molar-refractivity contribution in [3.63, 3.8) is 0 Å². The van der Waals surface area contributed by atoms with Crippen LogP contribution in [-0.2, 0) is 0 Å². The molecule has 2 nitrogen and oxygen atoms in total. The first kappa shape index (κ1) is 12.9. The zero-order chi connectivity index (χ0) is 12.4. The van der Waals surface area contributed by atoms with Crippen LogP contribution in [0.4, 0.5) is 0 Å². The van der Waals surface area contributed by atoms with E-state index in [0.29, 0.717) is 6.61 Å². The van der Waals surface area contributed by atoms with Crippen molar-refractivity contribution < 1.29 is 4.74 Å². The molecule has 0 saturated carbocycles. The van der Waals surface area contributed by atoms with Crippen LogP contribution >= 0.6 is 0 Å². The highest BCUT2D eigenvalue weighted by Gasteiger charge is 2.03. The van der Waals surface area contributed by atoms with E-state index in [9.17, 15) is 0 Å². The van der Waals surface area contributed by atoms with Gasteiger partial charge in [-0.1, -0.05) is 42.3 Å². The third-order valence-corrected chi connectivity index (χ3v) is 3.02. The minimum Gasteiger partial charge on any atom is -0.480 e. The summed E-state index contributed by atoms with van der Waals surface area (Å²) in [6.07, 6.45) is 5.24. The Morgan fingerprint density at radius 2 is 1.58 bits per heavy atom. The lowest BCUT2D eigenvalue weighted by Gasteiger charge is -2.08. The highest BCUT2D eigenvalue weighted by Crippen LogP contribution is 2.29. The SMILES string of the molecule is C#CCOc1cccc2cc3ccccc3cc12.N. The summed E-state index contributed by atoms with van der Waals surface area (Å²) >= 11 is 0. The van der Waals surface area contributed by atoms with Crippen molar-refractivity contribution in [3.8, 4) is 18.1 Å². The summed E-state index contributed by atoms with van der Waals surface area (Å²) in [5.41, 5.74) is 0. The molecule has 0 heterocycles. The summed E-state index contributed by atoms with van der Waals surface area (Å²) < 4.78 is 5.58. The van der Waals surface area contributed by atoms with Gasteiger partial charge in [0.1, 0.15) is 12.4 Å². The number of rotatable bonds is 2. The Labute approximate surface area is 112 Å². The quantitative estimate of drug-likeness (QED) is 0.547. The molecule has 0 saturated heterocycles. The van der Waals surface area contributed by atoms with Crippen LogP contribution < -0.4 is 10.9 Å². The molecule has 0 atom stereocenters. The number of hydrogen-bond acceptors (Lipinski definition) is 2. The Bertz CT molecular complexity index is 756. The van der Waals surface area contributed by atoms with Gasteiger partial charge in [0.25, 0.3) is 0 Å². The molecule has 0 aliphatic heterocycles. The summed E-state index contributed by atoms with van der Waals surface area (Å²) in [5.74, 6) is 3.34. The molecule has 0 spiro atoms. The van der Waals surface area contributed by atoms with Crippen LogP contribution in [0.5, 0.6) is 5.75 Å². The first-order chi connectivity index (χ1) is 8.88. The van der Waals surface area contributed by atoms with Gasteiger partial charge in [0.15, 0.2) is 0 Å². The molecule has 19 heavy (non-hydrogen) atoms. The van der Waals surface area contributed by atoms with Crippen molar-refractivity contribution in [2.45, 2.75) is 0 Å². The van der Waals surface area contributed by atoms with Crippen LogP contribution in [0.1, 0.15) is 0 Å². The van der Waals surface area contributed by atoms with Gasteiger partial charge >= 0.3 is 0 Å². The van der Waals surface area contributed by atoms with E-state index in [1.165, 1.54) is 16.2 Å². The van der Waals surface area contributed by atoms with Gasteiger partial charge in [-0.15, -0.1) is 6.42 Å². The van der Waals surface area contributed by atoms with Gasteiger partial charge in [0, 0.05) is 5.39 Å². The molecule has 3 aromatic rings. The van der Waals surface area contributed by atoms with Gasteiger partial charge in [-0.05, 0) is 34.4 Å². The standard InChI is InChI=1S/C17H12O.H3N/c1-2-10-18-17-9-5-8-15-11-13-6-3-4-7-14(13)12-16(15)17;/h1,3-9,11-12H,10H2;1H3. The second kappa shape index (κ2) is 5.43. The summed E-state index contributed by atoms with van der Waals surface area (Å²) in [4.78, 5) is 0. The van der Waals surface area contributed by atoms with E-state index in [1.807, 2.05) is 24.3 Å². The number of fused-ring (bicyclic) bond motifs is 2. The molecule has 0 amide bonds. The molecule has 0 aromatic heterocycles. The van der Waals surface area contributed by atoms with Crippen molar-refractivity contribution in [1.29, 1.82) is 0 Å². The summed E-state index contributed by atoms with van der Waals surface area (Å²) in [6.45, 7) is 0.298. The maximum atomic E-state index is 5.58. The van der Waals surface area contributed by atoms with Gasteiger partial charge in [-0.25, -0.2) is 0 Å². The molecule has 94 valence electrons. The van der Waals surface area contributed by atoms with E-state index < -0.39 is 0 Å². The monoisotopic (exact) mass is 249 g/mol. The summed E-state index contributed by atoms with van der Waals surface area (Å²) in [5, 5.41) is 4.72. The minimum absolute atomic E-state index is 0. The average molecular weight is 249 g/mol. The fourth-order valence-corrected chi connectivity index (χ4v) is 2.18. The predicted octanol–water partition coefficient (Wildman–Crippen LogP) is 4.17. The molecular weight excluding hydrogens is 234 g/mol. The maximum Gasteiger partial charge on any atom is 0.148 e. The topological polar surface area (TPSA) is 44.2 Å². The van der Waals surface area contributed by atoms with Crippen LogP contribution in [0, 0.1) is 12.3 Å². The number of benzene rings is 3. The lowest BCUT2D eigenvalue weighted by atomic mass is 10.0. The molecule has 0 aliphatic rings. The highest BCUT2D eigenvalue weighted by molar-refractivity contribution is 6.00. The molecule has 2 heteroatoms. The Kier molecular flexibility index (Phi) is 3.70. The van der Waals surface area contributed by atoms with Crippen molar-refractivity contribution in [1.82, 2.24) is 6.15 Å². The summed E-state index contributed by atoms with van der Waals surface area (Å²) in [7, 11) is 0. The van der Waals surface area contributed by atoms with Crippen molar-refractivity contribution in [3.05, 3.63) is 54.6 Å². The van der Waals surface area contributed by atoms with E-state index in [-0.39, 0.29) is 6.15 Å². The van der Waals surface area contributed by atoms with Gasteiger partial charge in [0.05, 0.1) is 0 Å². The maximum absolute atomic E-state index is 5.58. The van der Waals surface area contributed by atoms with Crippen molar-refractivity contribution in [2.75, 3.05) is 6.61 Å². The van der Waals surface area contributed by atoms with E-state index in [4.69, 9.17) is 11.2 Å². The second-order valence-corrected chi connectivity index (χ2v) is 4.17. The van der Waals surface area contributed by atoms with Gasteiger partial charge in [-0.3, -0.25) is 0 Å². The smallest absolute Gasteiger partial charge is 0.148 e. The molecule has 3 rings (SSSR count). The van der Waals surface area contributed by atoms with Crippen LogP contribution in [-0.4, -0.2) is 6.61 Å². The van der Waals surface area contributed by atoms with E-state index in [1.54, 1.807) is 0 Å². The molecule has 0 unspecified atom stereocenters. The fourth-order valence-electron chi connectivity index (χ4n) is 2.18. The molecule has 0 bridgehead atoms. The van der Waals surface area contributed by atoms with Crippen molar-refractivity contribution in [2.24, 2.45) is 0 Å². The number of hydrogen-bond donors (Lipinski definition) is 1. The van der Waals surface area contributed by atoms with E-state index in [0.717, 1.165) is 11.1 Å². The molecule has 0 radical (unpaired) electrons. The molecule has 0 fully saturated rings. The number of ether oxygens (including phenoxy) is 1. The Morgan fingerprint density at radius 3 is 2.32 bits per heavy atom. The van der Waals surface area contributed by atoms with Gasteiger partial charge in [0.2, 0.25) is 0 Å². The second-order valence-electron chi connectivity index (χ2n) is 4.17. The van der Waals surface area contributed by atoms with E-state index in [2.05, 4.69) is 36.3 Å². The lowest BCUT2D eigenvalue weighted by Crippen LogP contribution is -1.94. The van der Waals surface area contributed by atoms with Gasteiger partial charge in [-0.2, -0.15) is 0 Å². The zero-order valence-electron chi connectivity index (χ0n) is 10.6. The normalized spacial score (nSPS) is 9.84. The Hall–Kier alpha value is -2.50. The van der Waals surface area contributed by atoms with Crippen molar-refractivity contribution >= 4 is 21.5 Å². The predicted molar refractivity (Wildman–Crippen MR) is 80.8 cm³/mol. The third-order valence-electron chi connectivity index (χ3n) is 3.02. The zero-order valence-corrected chi connectivity index (χ0v) is 10.6. The lowest BCUT2D eigenvalue weighted by molar-refractivity contribution is 0.375. The van der Waals surface area contributed by atoms with Crippen LogP contribution in [0.2, 0.25) is 0 Å². The molecular formula is C17H15NO. The number of terminal acetylenes is 1. The average Bonchev–Trinajstić information content (AvgIpc) is 2.43. The Morgan fingerprint density at radius 1 is 0.895 bits per heavy atom. The fraction of sp³-hybridized carbons (Fsp3) is 0.0588. The minimum atomic E-state index is 0. The molecule has 3 N–H and O–H groups in total. The highest BCUT2D eigenvalue weighted by atomic mass is 16.5.